The molecular weight excluding hydrogens is 132 g/mol. The third-order valence-electron chi connectivity index (χ3n) is 0.726. The zero-order valence-corrected chi connectivity index (χ0v) is 6.90. The van der Waals surface area contributed by atoms with E-state index in [1.165, 1.54) is 6.08 Å². The average Bonchev–Trinajstić information content (AvgIpc) is 1.59. The fourth-order valence-electron chi connectivity index (χ4n) is 0.321. The van der Waals surface area contributed by atoms with Crippen LogP contribution >= 0.6 is 12.6 Å². The van der Waals surface area contributed by atoms with Crippen LogP contribution in [0.1, 0.15) is 20.8 Å². The Bertz CT molecular complexity index is 130. The maximum atomic E-state index is 10.3. The van der Waals surface area contributed by atoms with Gasteiger partial charge in [0.25, 0.3) is 0 Å². The van der Waals surface area contributed by atoms with E-state index in [-0.39, 0.29) is 10.5 Å². The Morgan fingerprint density at radius 2 is 1.89 bits per heavy atom. The molecule has 0 saturated carbocycles. The highest BCUT2D eigenvalue weighted by molar-refractivity contribution is 7.97. The van der Waals surface area contributed by atoms with E-state index in [0.29, 0.717) is 0 Å². The maximum absolute atomic E-state index is 10.3. The van der Waals surface area contributed by atoms with Crippen molar-refractivity contribution in [2.45, 2.75) is 20.8 Å². The normalized spacial score (nSPS) is 12.4. The van der Waals surface area contributed by atoms with E-state index in [1.54, 1.807) is 0 Å². The monoisotopic (exact) mass is 144 g/mol. The minimum Gasteiger partial charge on any atom is -0.283 e. The van der Waals surface area contributed by atoms with Gasteiger partial charge in [0.2, 0.25) is 5.12 Å². The Kier molecular flexibility index (Phi) is 2.98. The summed E-state index contributed by atoms with van der Waals surface area (Å²) in [5.41, 5.74) is 0.0817. The number of thiol groups is 1. The van der Waals surface area contributed by atoms with Crippen LogP contribution in [0.2, 0.25) is 0 Å². The Labute approximate surface area is 61.6 Å². The van der Waals surface area contributed by atoms with Crippen molar-refractivity contribution in [2.75, 3.05) is 0 Å². The molecule has 52 valence electrons. The van der Waals surface area contributed by atoms with E-state index < -0.39 is 0 Å². The molecule has 0 bridgehead atoms. The first kappa shape index (κ1) is 8.76. The SMILES string of the molecule is CC(C)(C)/C=C/C(=O)S. The van der Waals surface area contributed by atoms with Crippen molar-refractivity contribution in [3.05, 3.63) is 12.2 Å². The minimum atomic E-state index is -0.190. The first-order valence-corrected chi connectivity index (χ1v) is 3.29. The predicted molar refractivity (Wildman–Crippen MR) is 42.6 cm³/mol. The summed E-state index contributed by atoms with van der Waals surface area (Å²) in [7, 11) is 0. The summed E-state index contributed by atoms with van der Waals surface area (Å²) in [4.78, 5) is 10.3. The van der Waals surface area contributed by atoms with Gasteiger partial charge in [-0.15, -0.1) is 12.6 Å². The van der Waals surface area contributed by atoms with Gasteiger partial charge in [-0.05, 0) is 11.5 Å². The lowest BCUT2D eigenvalue weighted by molar-refractivity contribution is -0.106. The van der Waals surface area contributed by atoms with Gasteiger partial charge in [0.1, 0.15) is 0 Å². The van der Waals surface area contributed by atoms with E-state index in [1.807, 2.05) is 26.8 Å². The summed E-state index contributed by atoms with van der Waals surface area (Å²) in [6, 6.07) is 0. The number of rotatable bonds is 1. The number of carbonyl (C=O) groups is 1. The molecule has 0 fully saturated rings. The van der Waals surface area contributed by atoms with Crippen LogP contribution in [0.5, 0.6) is 0 Å². The van der Waals surface area contributed by atoms with Crippen LogP contribution in [0.4, 0.5) is 0 Å². The molecule has 1 nitrogen and oxygen atoms in total. The van der Waals surface area contributed by atoms with E-state index in [9.17, 15) is 4.79 Å². The smallest absolute Gasteiger partial charge is 0.208 e. The predicted octanol–water partition coefficient (Wildman–Crippen LogP) is 2.05. The molecule has 0 aliphatic rings. The molecule has 0 N–H and O–H groups in total. The lowest BCUT2D eigenvalue weighted by atomic mass is 9.97. The standard InChI is InChI=1S/C7H12OS/c1-7(2,3)5-4-6(8)9/h4-5H,1-3H3,(H,8,9)/b5-4+. The van der Waals surface area contributed by atoms with Gasteiger partial charge in [-0.3, -0.25) is 4.79 Å². The molecule has 0 radical (unpaired) electrons. The zero-order valence-electron chi connectivity index (χ0n) is 6.01. The molecule has 0 aliphatic carbocycles. The number of allylic oxidation sites excluding steroid dienone is 1. The Hall–Kier alpha value is -0.240. The molecule has 0 unspecified atom stereocenters. The summed E-state index contributed by atoms with van der Waals surface area (Å²) in [5.74, 6) is 0. The van der Waals surface area contributed by atoms with Crippen LogP contribution < -0.4 is 0 Å². The van der Waals surface area contributed by atoms with Crippen LogP contribution in [0.15, 0.2) is 12.2 Å². The number of carbonyl (C=O) groups excluding carboxylic acids is 1. The molecule has 0 rings (SSSR count). The van der Waals surface area contributed by atoms with E-state index in [0.717, 1.165) is 0 Å². The van der Waals surface area contributed by atoms with Gasteiger partial charge in [0, 0.05) is 0 Å². The molecule has 0 heterocycles. The molecule has 0 atom stereocenters. The fraction of sp³-hybridized carbons (Fsp3) is 0.571. The van der Waals surface area contributed by atoms with Crippen molar-refractivity contribution in [2.24, 2.45) is 5.41 Å². The molecule has 0 spiro atoms. The maximum Gasteiger partial charge on any atom is 0.208 e. The van der Waals surface area contributed by atoms with E-state index in [2.05, 4.69) is 12.6 Å². The molecule has 9 heavy (non-hydrogen) atoms. The number of hydrogen-bond donors (Lipinski definition) is 1. The largest absolute Gasteiger partial charge is 0.283 e. The van der Waals surface area contributed by atoms with Crippen molar-refractivity contribution >= 4 is 17.7 Å². The zero-order chi connectivity index (χ0) is 7.49. The fourth-order valence-corrected chi connectivity index (χ4v) is 0.396. The second-order valence-corrected chi connectivity index (χ2v) is 3.48. The summed E-state index contributed by atoms with van der Waals surface area (Å²) in [5, 5.41) is -0.190. The van der Waals surface area contributed by atoms with Gasteiger partial charge >= 0.3 is 0 Å². The molecular formula is C7H12OS. The highest BCUT2D eigenvalue weighted by atomic mass is 32.1. The highest BCUT2D eigenvalue weighted by Crippen LogP contribution is 2.14. The Balaban J connectivity index is 3.86. The Morgan fingerprint density at radius 1 is 1.44 bits per heavy atom. The van der Waals surface area contributed by atoms with Crippen LogP contribution in [-0.2, 0) is 4.79 Å². The number of hydrogen-bond acceptors (Lipinski definition) is 1. The van der Waals surface area contributed by atoms with Crippen molar-refractivity contribution < 1.29 is 4.79 Å². The topological polar surface area (TPSA) is 17.1 Å². The Morgan fingerprint density at radius 3 is 2.00 bits per heavy atom. The van der Waals surface area contributed by atoms with E-state index in [4.69, 9.17) is 0 Å². The van der Waals surface area contributed by atoms with Crippen LogP contribution in [0.3, 0.4) is 0 Å². The van der Waals surface area contributed by atoms with Gasteiger partial charge < -0.3 is 0 Å². The third kappa shape index (κ3) is 7.76. The summed E-state index contributed by atoms with van der Waals surface area (Å²) in [6.45, 7) is 6.08. The molecule has 0 aromatic heterocycles. The molecule has 0 aromatic carbocycles. The minimum absolute atomic E-state index is 0.0817. The third-order valence-corrected chi connectivity index (χ3v) is 0.875. The average molecular weight is 144 g/mol. The van der Waals surface area contributed by atoms with Gasteiger partial charge in [-0.2, -0.15) is 0 Å². The van der Waals surface area contributed by atoms with Crippen molar-refractivity contribution in [1.82, 2.24) is 0 Å². The molecule has 0 amide bonds. The van der Waals surface area contributed by atoms with Crippen molar-refractivity contribution in [3.63, 3.8) is 0 Å². The summed E-state index contributed by atoms with van der Waals surface area (Å²) in [6.07, 6.45) is 3.31. The first-order chi connectivity index (χ1) is 3.92. The van der Waals surface area contributed by atoms with Crippen LogP contribution in [0.25, 0.3) is 0 Å². The van der Waals surface area contributed by atoms with Crippen LogP contribution in [-0.4, -0.2) is 5.12 Å². The molecule has 2 heteroatoms. The summed E-state index contributed by atoms with van der Waals surface area (Å²) >= 11 is 3.58. The van der Waals surface area contributed by atoms with Gasteiger partial charge in [-0.25, -0.2) is 0 Å². The van der Waals surface area contributed by atoms with Crippen molar-refractivity contribution in [1.29, 1.82) is 0 Å². The van der Waals surface area contributed by atoms with E-state index >= 15 is 0 Å². The molecule has 0 aromatic rings. The first-order valence-electron chi connectivity index (χ1n) is 2.84. The lowest BCUT2D eigenvalue weighted by Crippen LogP contribution is -1.99. The highest BCUT2D eigenvalue weighted by Gasteiger charge is 2.03. The molecule has 0 aliphatic heterocycles. The second kappa shape index (κ2) is 3.06. The van der Waals surface area contributed by atoms with Gasteiger partial charge in [-0.1, -0.05) is 26.8 Å². The van der Waals surface area contributed by atoms with Gasteiger partial charge in [0.15, 0.2) is 0 Å². The van der Waals surface area contributed by atoms with Crippen molar-refractivity contribution in [3.8, 4) is 0 Å². The quantitative estimate of drug-likeness (QED) is 0.440. The second-order valence-electron chi connectivity index (χ2n) is 3.04. The lowest BCUT2D eigenvalue weighted by Gasteiger charge is -2.09. The van der Waals surface area contributed by atoms with Crippen LogP contribution in [0, 0.1) is 5.41 Å². The summed E-state index contributed by atoms with van der Waals surface area (Å²) < 4.78 is 0. The van der Waals surface area contributed by atoms with Gasteiger partial charge in [0.05, 0.1) is 0 Å². The molecule has 0 saturated heterocycles.